The second-order valence-corrected chi connectivity index (χ2v) is 18.9. The van der Waals surface area contributed by atoms with Crippen LogP contribution in [0.15, 0.2) is 82.3 Å². The molecule has 15 nitrogen and oxygen atoms in total. The number of benzene rings is 2. The first-order chi connectivity index (χ1) is 26.7. The normalized spacial score (nSPS) is 20.7. The van der Waals surface area contributed by atoms with Gasteiger partial charge >= 0.3 is 5.97 Å². The number of rotatable bonds is 22. The number of fused-ring (bicyclic) bond motifs is 2. The van der Waals surface area contributed by atoms with Crippen molar-refractivity contribution in [3.8, 4) is 0 Å². The van der Waals surface area contributed by atoms with Crippen molar-refractivity contribution < 1.29 is 62.9 Å². The quantitative estimate of drug-likeness (QED) is 0.0587. The molecule has 314 valence electrons. The summed E-state index contributed by atoms with van der Waals surface area (Å²) in [4.78, 5) is 12.5. The van der Waals surface area contributed by atoms with Gasteiger partial charge in [0.15, 0.2) is 5.71 Å². The van der Waals surface area contributed by atoms with Gasteiger partial charge in [0.25, 0.3) is 20.2 Å². The summed E-state index contributed by atoms with van der Waals surface area (Å²) in [5.41, 5.74) is 2.44. The lowest BCUT2D eigenvalue weighted by molar-refractivity contribution is -0.438. The second-order valence-electron chi connectivity index (χ2n) is 14.5. The molecule has 2 aliphatic rings. The van der Waals surface area contributed by atoms with Gasteiger partial charge < -0.3 is 24.0 Å². The van der Waals surface area contributed by atoms with E-state index in [4.69, 9.17) is 14.6 Å². The van der Waals surface area contributed by atoms with Crippen LogP contribution in [0.1, 0.15) is 76.8 Å². The smallest absolute Gasteiger partial charge is 0.303 e. The summed E-state index contributed by atoms with van der Waals surface area (Å²) >= 11 is 0. The van der Waals surface area contributed by atoms with Crippen LogP contribution in [0.2, 0.25) is 0 Å². The number of nitrogens with zero attached hydrogens (tertiary/aromatic N) is 2. The van der Waals surface area contributed by atoms with Gasteiger partial charge in [-0.1, -0.05) is 18.2 Å². The molecule has 18 heteroatoms. The van der Waals surface area contributed by atoms with Gasteiger partial charge in [-0.2, -0.15) is 21.4 Å². The fourth-order valence-corrected chi connectivity index (χ4v) is 9.21. The molecule has 0 bridgehead atoms. The number of aliphatic carboxylic acids is 1. The third-order valence-electron chi connectivity index (χ3n) is 10.6. The number of likely N-dealkylation sites (N-methyl/N-ethyl adjacent to an activating group) is 1. The molecule has 2 aliphatic heterocycles. The molecule has 0 aromatic heterocycles. The number of hydrogen-bond donors (Lipinski definition) is 3. The van der Waals surface area contributed by atoms with Crippen molar-refractivity contribution in [2.24, 2.45) is 0 Å². The van der Waals surface area contributed by atoms with Gasteiger partial charge in [0.2, 0.25) is 5.69 Å². The standard InChI is InChI=1S/C39H52N2O13S3/c1-5-40-33-18-16-29(56(47,48)49)27-31(33)39(3,21-23-54-25-24-53-4)35(40)13-8-6-9-14-36-38(2,20-12-26-55(44,45)46)32-28-30(57(50,51)52)17-19-34(32)41(36)22-11-7-10-15-37(42)43/h6,8-9,13-14,16-19,27-28H,5,7,10-12,15,20-26H2,1-4H3,(H3-,42,43,44,45,46,47,48,49,50,51,52). The lowest BCUT2D eigenvalue weighted by Crippen LogP contribution is -2.32. The van der Waals surface area contributed by atoms with Gasteiger partial charge in [-0.05, 0) is 94.8 Å². The maximum absolute atomic E-state index is 12.2. The summed E-state index contributed by atoms with van der Waals surface area (Å²) in [6, 6.07) is 8.62. The first-order valence-electron chi connectivity index (χ1n) is 18.6. The number of allylic oxidation sites excluding steroid dienone is 6. The Bertz CT molecular complexity index is 2270. The molecule has 0 saturated heterocycles. The van der Waals surface area contributed by atoms with Gasteiger partial charge in [-0.3, -0.25) is 13.9 Å². The van der Waals surface area contributed by atoms with E-state index in [1.165, 1.54) is 24.3 Å². The Kier molecular flexibility index (Phi) is 15.2. The van der Waals surface area contributed by atoms with Crippen molar-refractivity contribution in [3.63, 3.8) is 0 Å². The van der Waals surface area contributed by atoms with Crippen molar-refractivity contribution in [2.75, 3.05) is 50.7 Å². The molecular formula is C39H52N2O13S3. The average molecular weight is 853 g/mol. The van der Waals surface area contributed by atoms with E-state index in [1.807, 2.05) is 48.5 Å². The summed E-state index contributed by atoms with van der Waals surface area (Å²) in [5, 5.41) is 9.11. The van der Waals surface area contributed by atoms with E-state index in [0.717, 1.165) is 11.4 Å². The van der Waals surface area contributed by atoms with E-state index in [-0.39, 0.29) is 29.1 Å². The molecule has 57 heavy (non-hydrogen) atoms. The number of hydrogen-bond acceptors (Lipinski definition) is 11. The largest absolute Gasteiger partial charge is 0.744 e. The summed E-state index contributed by atoms with van der Waals surface area (Å²) < 4.78 is 116. The Morgan fingerprint density at radius 3 is 2.19 bits per heavy atom. The molecule has 0 amide bonds. The molecule has 2 unspecified atom stereocenters. The Hall–Kier alpha value is -3.75. The van der Waals surface area contributed by atoms with Crippen molar-refractivity contribution >= 4 is 53.4 Å². The van der Waals surface area contributed by atoms with E-state index >= 15 is 0 Å². The maximum atomic E-state index is 12.2. The van der Waals surface area contributed by atoms with Crippen LogP contribution in [-0.2, 0) is 55.5 Å². The Morgan fingerprint density at radius 1 is 0.860 bits per heavy atom. The highest BCUT2D eigenvalue weighted by molar-refractivity contribution is 7.86. The first kappa shape index (κ1) is 45.9. The molecule has 0 spiro atoms. The molecule has 2 aromatic rings. The van der Waals surface area contributed by atoms with Gasteiger partial charge in [0, 0.05) is 67.6 Å². The number of methoxy groups -OCH3 is 1. The number of carboxylic acids is 1. The minimum atomic E-state index is -4.72. The molecule has 0 fully saturated rings. The molecule has 2 atom stereocenters. The molecular weight excluding hydrogens is 801 g/mol. The summed E-state index contributed by atoms with van der Waals surface area (Å²) in [6.45, 7) is 7.82. The van der Waals surface area contributed by atoms with Crippen molar-refractivity contribution in [1.82, 2.24) is 0 Å². The Morgan fingerprint density at radius 2 is 1.56 bits per heavy atom. The number of unbranched alkanes of at least 4 members (excludes halogenated alkanes) is 2. The SMILES string of the molecule is CCN1/C(=C/C=C/C=C/C2=[N+](CCCCCC(=O)O)c3ccc(S(=O)(=O)O)cc3C2(C)CCCS(=O)(=O)O)C(C)(CCOCCOC)c2cc(S(=O)(=O)[O-])ccc21. The minimum absolute atomic E-state index is 0.0117. The van der Waals surface area contributed by atoms with Crippen LogP contribution in [0.3, 0.4) is 0 Å². The maximum Gasteiger partial charge on any atom is 0.303 e. The van der Waals surface area contributed by atoms with Crippen LogP contribution in [-0.4, -0.2) is 106 Å². The molecule has 4 rings (SSSR count). The van der Waals surface area contributed by atoms with Crippen LogP contribution < -0.4 is 4.90 Å². The van der Waals surface area contributed by atoms with Crippen LogP contribution in [0.25, 0.3) is 0 Å². The lowest BCUT2D eigenvalue weighted by Gasteiger charge is -2.30. The molecule has 2 heterocycles. The first-order valence-corrected chi connectivity index (χ1v) is 23.1. The highest BCUT2D eigenvalue weighted by atomic mass is 32.2. The third-order valence-corrected chi connectivity index (χ3v) is 13.1. The van der Waals surface area contributed by atoms with E-state index in [9.17, 15) is 43.7 Å². The van der Waals surface area contributed by atoms with Crippen LogP contribution >= 0.6 is 0 Å². The fraction of sp³-hybridized carbons (Fsp3) is 0.487. The Balaban J connectivity index is 1.77. The van der Waals surface area contributed by atoms with Gasteiger partial charge in [0.1, 0.15) is 16.7 Å². The zero-order valence-corrected chi connectivity index (χ0v) is 35.0. The summed E-state index contributed by atoms with van der Waals surface area (Å²) in [6.07, 6.45) is 11.5. The molecule has 0 radical (unpaired) electrons. The number of anilines is 1. The van der Waals surface area contributed by atoms with E-state index in [0.29, 0.717) is 81.1 Å². The lowest BCUT2D eigenvalue weighted by atomic mass is 9.76. The zero-order chi connectivity index (χ0) is 42.2. The van der Waals surface area contributed by atoms with Gasteiger partial charge in [0.05, 0.1) is 34.2 Å². The van der Waals surface area contributed by atoms with E-state index in [1.54, 1.807) is 31.4 Å². The summed E-state index contributed by atoms with van der Waals surface area (Å²) in [7, 11) is -12.1. The van der Waals surface area contributed by atoms with Gasteiger partial charge in [-0.15, -0.1) is 0 Å². The molecule has 0 saturated carbocycles. The second kappa shape index (κ2) is 18.9. The predicted octanol–water partition coefficient (Wildman–Crippen LogP) is 5.35. The van der Waals surface area contributed by atoms with Crippen molar-refractivity contribution in [2.45, 2.75) is 86.3 Å². The van der Waals surface area contributed by atoms with Crippen LogP contribution in [0.4, 0.5) is 11.4 Å². The minimum Gasteiger partial charge on any atom is -0.744 e. The highest BCUT2D eigenvalue weighted by Crippen LogP contribution is 2.50. The van der Waals surface area contributed by atoms with Crippen molar-refractivity contribution in [1.29, 1.82) is 0 Å². The number of carboxylic acid groups (broad SMARTS) is 1. The van der Waals surface area contributed by atoms with Crippen LogP contribution in [0, 0.1) is 0 Å². The van der Waals surface area contributed by atoms with Crippen LogP contribution in [0.5, 0.6) is 0 Å². The zero-order valence-electron chi connectivity index (χ0n) is 32.6. The monoisotopic (exact) mass is 852 g/mol. The third kappa shape index (κ3) is 11.3. The van der Waals surface area contributed by atoms with E-state index in [2.05, 4.69) is 0 Å². The Labute approximate surface area is 335 Å². The van der Waals surface area contributed by atoms with E-state index < -0.39 is 52.9 Å². The molecule has 0 aliphatic carbocycles. The molecule has 2 aromatic carbocycles. The summed E-state index contributed by atoms with van der Waals surface area (Å²) in [5.74, 6) is -1.42. The fourth-order valence-electron chi connectivity index (χ4n) is 7.70. The van der Waals surface area contributed by atoms with Crippen molar-refractivity contribution in [3.05, 3.63) is 83.6 Å². The topological polar surface area (TPSA) is 228 Å². The van der Waals surface area contributed by atoms with Gasteiger partial charge in [-0.25, -0.2) is 8.42 Å². The predicted molar refractivity (Wildman–Crippen MR) is 214 cm³/mol. The number of ether oxygens (including phenoxy) is 2. The highest BCUT2D eigenvalue weighted by Gasteiger charge is 2.48. The average Bonchev–Trinajstić information content (AvgIpc) is 3.49. The number of carbonyl (C=O) groups is 1. The molecule has 3 N–H and O–H groups in total.